The van der Waals surface area contributed by atoms with Crippen LogP contribution in [0.15, 0.2) is 18.2 Å². The van der Waals surface area contributed by atoms with Gasteiger partial charge in [-0.2, -0.15) is 0 Å². The van der Waals surface area contributed by atoms with Crippen LogP contribution in [0, 0.1) is 6.92 Å². The minimum Gasteiger partial charge on any atom is -0.481 e. The maximum absolute atomic E-state index is 13.0. The summed E-state index contributed by atoms with van der Waals surface area (Å²) >= 11 is 11.8. The Balaban J connectivity index is 3.14. The molecule has 0 unspecified atom stereocenters. The van der Waals surface area contributed by atoms with E-state index < -0.39 is 29.6 Å². The quantitative estimate of drug-likeness (QED) is 0.413. The topological polar surface area (TPSA) is 110 Å². The van der Waals surface area contributed by atoms with Gasteiger partial charge in [0.1, 0.15) is 6.04 Å². The van der Waals surface area contributed by atoms with Crippen LogP contribution in [-0.2, 0) is 9.59 Å². The predicted octanol–water partition coefficient (Wildman–Crippen LogP) is 4.23. The van der Waals surface area contributed by atoms with Crippen molar-refractivity contribution in [3.8, 4) is 0 Å². The Bertz CT molecular complexity index is 777. The standard InChI is InChI=1S/C21H31Cl2N3O5/c1-14-13-15(5-6-16(14)25(11-9-22)12-10-23)24-20(31)26(21(2,3)4)17(19(29)30)7-8-18(27)28/h5-6,13,17H,7-12H2,1-4H3,(H,24,31)(H,27,28)(H,29,30)/t17-/m0/s1. The second-order valence-electron chi connectivity index (χ2n) is 8.12. The van der Waals surface area contributed by atoms with Crippen LogP contribution in [0.1, 0.15) is 39.2 Å². The number of hydrogen-bond donors (Lipinski definition) is 3. The van der Waals surface area contributed by atoms with Crippen LogP contribution in [0.2, 0.25) is 0 Å². The van der Waals surface area contributed by atoms with Crippen molar-refractivity contribution in [2.24, 2.45) is 0 Å². The number of urea groups is 1. The molecule has 1 atom stereocenters. The van der Waals surface area contributed by atoms with E-state index in [1.54, 1.807) is 32.9 Å². The Labute approximate surface area is 193 Å². The van der Waals surface area contributed by atoms with Crippen LogP contribution in [0.5, 0.6) is 0 Å². The molecule has 0 bridgehead atoms. The molecule has 0 radical (unpaired) electrons. The number of carbonyl (C=O) groups excluding carboxylic acids is 1. The van der Waals surface area contributed by atoms with Gasteiger partial charge in [-0.3, -0.25) is 4.79 Å². The van der Waals surface area contributed by atoms with E-state index in [0.29, 0.717) is 30.5 Å². The average Bonchev–Trinajstić information content (AvgIpc) is 2.63. The Hall–Kier alpha value is -2.19. The zero-order chi connectivity index (χ0) is 23.8. The number of anilines is 2. The predicted molar refractivity (Wildman–Crippen MR) is 124 cm³/mol. The molecule has 1 aromatic carbocycles. The summed E-state index contributed by atoms with van der Waals surface area (Å²) < 4.78 is 0. The van der Waals surface area contributed by atoms with Crippen LogP contribution >= 0.6 is 23.2 Å². The number of carboxylic acid groups (broad SMARTS) is 2. The third-order valence-electron chi connectivity index (χ3n) is 4.67. The molecule has 174 valence electrons. The third kappa shape index (κ3) is 8.10. The van der Waals surface area contributed by atoms with Gasteiger partial charge in [0, 0.05) is 48.2 Å². The largest absolute Gasteiger partial charge is 0.481 e. The molecule has 0 aliphatic carbocycles. The highest BCUT2D eigenvalue weighted by Crippen LogP contribution is 2.26. The minimum absolute atomic E-state index is 0.195. The fourth-order valence-corrected chi connectivity index (χ4v) is 3.77. The zero-order valence-corrected chi connectivity index (χ0v) is 19.8. The smallest absolute Gasteiger partial charge is 0.326 e. The van der Waals surface area contributed by atoms with E-state index in [-0.39, 0.29) is 12.8 Å². The van der Waals surface area contributed by atoms with E-state index in [1.807, 2.05) is 13.0 Å². The number of carboxylic acids is 2. The molecule has 3 N–H and O–H groups in total. The summed E-state index contributed by atoms with van der Waals surface area (Å²) in [5, 5.41) is 21.3. The van der Waals surface area contributed by atoms with E-state index in [9.17, 15) is 19.5 Å². The summed E-state index contributed by atoms with van der Waals surface area (Å²) in [6, 6.07) is 3.47. The average molecular weight is 476 g/mol. The molecule has 0 aliphatic heterocycles. The van der Waals surface area contributed by atoms with Crippen molar-refractivity contribution in [2.45, 2.75) is 52.1 Å². The molecule has 1 aromatic rings. The van der Waals surface area contributed by atoms with Crippen LogP contribution in [0.25, 0.3) is 0 Å². The molecule has 0 aliphatic rings. The lowest BCUT2D eigenvalue weighted by Gasteiger charge is -2.39. The van der Waals surface area contributed by atoms with E-state index >= 15 is 0 Å². The highest BCUT2D eigenvalue weighted by molar-refractivity contribution is 6.18. The lowest BCUT2D eigenvalue weighted by Crippen LogP contribution is -2.56. The summed E-state index contributed by atoms with van der Waals surface area (Å²) in [5.74, 6) is -1.48. The van der Waals surface area contributed by atoms with Gasteiger partial charge in [0.2, 0.25) is 0 Å². The molecule has 0 aromatic heterocycles. The van der Waals surface area contributed by atoms with Gasteiger partial charge in [-0.25, -0.2) is 9.59 Å². The lowest BCUT2D eigenvalue weighted by atomic mass is 10.0. The molecule has 1 rings (SSSR count). The zero-order valence-electron chi connectivity index (χ0n) is 18.3. The van der Waals surface area contributed by atoms with Gasteiger partial charge in [0.25, 0.3) is 0 Å². The number of aryl methyl sites for hydroxylation is 1. The first-order valence-electron chi connectivity index (χ1n) is 9.94. The van der Waals surface area contributed by atoms with Gasteiger partial charge in [0.15, 0.2) is 0 Å². The highest BCUT2D eigenvalue weighted by Gasteiger charge is 2.37. The van der Waals surface area contributed by atoms with Crippen LogP contribution in [-0.4, -0.2) is 69.5 Å². The third-order valence-corrected chi connectivity index (χ3v) is 5.01. The van der Waals surface area contributed by atoms with Crippen molar-refractivity contribution in [1.82, 2.24) is 4.90 Å². The number of nitrogens with one attached hydrogen (secondary N) is 1. The number of hydrogen-bond acceptors (Lipinski definition) is 4. The van der Waals surface area contributed by atoms with Gasteiger partial charge in [-0.15, -0.1) is 23.2 Å². The summed E-state index contributed by atoms with van der Waals surface area (Å²) in [6.07, 6.45) is -0.555. The molecule has 0 saturated heterocycles. The Morgan fingerprint density at radius 2 is 1.68 bits per heavy atom. The SMILES string of the molecule is Cc1cc(NC(=O)N([C@@H](CCC(=O)O)C(=O)O)C(C)(C)C)ccc1N(CCCl)CCCl. The van der Waals surface area contributed by atoms with Crippen molar-refractivity contribution in [3.63, 3.8) is 0 Å². The highest BCUT2D eigenvalue weighted by atomic mass is 35.5. The lowest BCUT2D eigenvalue weighted by molar-refractivity contribution is -0.145. The summed E-state index contributed by atoms with van der Waals surface area (Å²) in [6.45, 7) is 8.26. The maximum atomic E-state index is 13.0. The molecule has 0 heterocycles. The molecule has 0 fully saturated rings. The first-order chi connectivity index (χ1) is 14.4. The Morgan fingerprint density at radius 3 is 2.10 bits per heavy atom. The minimum atomic E-state index is -1.28. The van der Waals surface area contributed by atoms with Crippen molar-refractivity contribution in [3.05, 3.63) is 23.8 Å². The number of nitrogens with zero attached hydrogens (tertiary/aromatic N) is 2. The van der Waals surface area contributed by atoms with Crippen molar-refractivity contribution >= 4 is 52.5 Å². The molecule has 8 nitrogen and oxygen atoms in total. The van der Waals surface area contributed by atoms with Gasteiger partial charge in [0.05, 0.1) is 0 Å². The summed E-state index contributed by atoms with van der Waals surface area (Å²) in [4.78, 5) is 39.0. The molecule has 0 saturated carbocycles. The van der Waals surface area contributed by atoms with E-state index in [0.717, 1.165) is 11.3 Å². The van der Waals surface area contributed by atoms with Gasteiger partial charge < -0.3 is 25.3 Å². The van der Waals surface area contributed by atoms with Gasteiger partial charge >= 0.3 is 18.0 Å². The number of carbonyl (C=O) groups is 3. The monoisotopic (exact) mass is 475 g/mol. The number of benzene rings is 1. The van der Waals surface area contributed by atoms with Gasteiger partial charge in [-0.1, -0.05) is 0 Å². The van der Waals surface area contributed by atoms with Crippen molar-refractivity contribution in [1.29, 1.82) is 0 Å². The Morgan fingerprint density at radius 1 is 1.10 bits per heavy atom. The first-order valence-corrected chi connectivity index (χ1v) is 11.0. The normalized spacial score (nSPS) is 12.2. The first kappa shape index (κ1) is 26.8. The van der Waals surface area contributed by atoms with Crippen molar-refractivity contribution in [2.75, 3.05) is 35.1 Å². The molecule has 2 amide bonds. The van der Waals surface area contributed by atoms with Crippen LogP contribution < -0.4 is 10.2 Å². The number of alkyl halides is 2. The summed E-state index contributed by atoms with van der Waals surface area (Å²) in [5.41, 5.74) is 1.49. The number of halogens is 2. The number of amides is 2. The van der Waals surface area contributed by atoms with Gasteiger partial charge in [-0.05, 0) is 57.9 Å². The van der Waals surface area contributed by atoms with Crippen molar-refractivity contribution < 1.29 is 24.6 Å². The second-order valence-corrected chi connectivity index (χ2v) is 8.88. The maximum Gasteiger partial charge on any atom is 0.326 e. The molecule has 10 heteroatoms. The fraction of sp³-hybridized carbons (Fsp3) is 0.571. The molecular weight excluding hydrogens is 445 g/mol. The molecule has 0 spiro atoms. The van der Waals surface area contributed by atoms with E-state index in [2.05, 4.69) is 10.2 Å². The second kappa shape index (κ2) is 12.0. The fourth-order valence-electron chi connectivity index (χ4n) is 3.37. The van der Waals surface area contributed by atoms with E-state index in [1.165, 1.54) is 4.90 Å². The molecular formula is C21H31Cl2N3O5. The van der Waals surface area contributed by atoms with Crippen LogP contribution in [0.3, 0.4) is 0 Å². The van der Waals surface area contributed by atoms with Crippen LogP contribution in [0.4, 0.5) is 16.2 Å². The number of aliphatic carboxylic acids is 2. The molecule has 31 heavy (non-hydrogen) atoms. The number of rotatable bonds is 11. The van der Waals surface area contributed by atoms with E-state index in [4.69, 9.17) is 28.3 Å². The Kier molecular flexibility index (Phi) is 10.4. The summed E-state index contributed by atoms with van der Waals surface area (Å²) in [7, 11) is 0.